The molecule has 0 heterocycles. The Morgan fingerprint density at radius 3 is 2.59 bits per heavy atom. The minimum atomic E-state index is -1.23. The number of ketones is 1. The molecule has 1 aliphatic rings. The van der Waals surface area contributed by atoms with E-state index in [0.717, 1.165) is 31.9 Å². The Kier molecular flexibility index (Phi) is 5.36. The molecular weight excluding hydrogens is 222 g/mol. The lowest BCUT2D eigenvalue weighted by Gasteiger charge is -2.24. The molecule has 1 atom stereocenters. The van der Waals surface area contributed by atoms with Gasteiger partial charge in [-0.25, -0.2) is 4.79 Å². The number of carbonyl (C=O) groups excluding carboxylic acids is 1. The van der Waals surface area contributed by atoms with Crippen LogP contribution >= 0.6 is 0 Å². The molecule has 6 nitrogen and oxygen atoms in total. The minimum absolute atomic E-state index is 0.372. The monoisotopic (exact) mass is 239 g/mol. The maximum Gasteiger partial charge on any atom is 0.405 e. The summed E-state index contributed by atoms with van der Waals surface area (Å²) in [4.78, 5) is 24.8. The van der Waals surface area contributed by atoms with E-state index in [-0.39, 0.29) is 0 Å². The molecule has 1 amide bonds. The van der Waals surface area contributed by atoms with E-state index in [1.165, 1.54) is 6.42 Å². The van der Waals surface area contributed by atoms with Crippen LogP contribution in [0, 0.1) is 5.92 Å². The van der Waals surface area contributed by atoms with Crippen LogP contribution < -0.4 is 5.32 Å². The fourth-order valence-electron chi connectivity index (χ4n) is 2.30. The average Bonchev–Trinajstić information content (AvgIpc) is 2.29. The molecular formula is C11H17N3O3. The largest absolute Gasteiger partial charge is 0.465 e. The third-order valence-corrected chi connectivity index (χ3v) is 3.12. The van der Waals surface area contributed by atoms with E-state index in [9.17, 15) is 9.59 Å². The minimum Gasteiger partial charge on any atom is -0.465 e. The van der Waals surface area contributed by atoms with Crippen LogP contribution in [0.15, 0.2) is 0 Å². The van der Waals surface area contributed by atoms with Crippen molar-refractivity contribution in [1.29, 1.82) is 0 Å². The zero-order valence-corrected chi connectivity index (χ0v) is 9.63. The summed E-state index contributed by atoms with van der Waals surface area (Å²) in [5, 5.41) is 10.8. The van der Waals surface area contributed by atoms with Gasteiger partial charge in [-0.1, -0.05) is 32.1 Å². The first kappa shape index (κ1) is 13.4. The number of rotatable bonds is 5. The molecule has 0 aliphatic heterocycles. The van der Waals surface area contributed by atoms with Crippen LogP contribution in [0.2, 0.25) is 0 Å². The van der Waals surface area contributed by atoms with E-state index in [0.29, 0.717) is 12.3 Å². The maximum atomic E-state index is 11.5. The number of Topliss-reactive ketones (excluding diaryl/α,β-unsaturated/α-hetero) is 1. The van der Waals surface area contributed by atoms with Crippen LogP contribution in [0.4, 0.5) is 4.79 Å². The van der Waals surface area contributed by atoms with Crippen LogP contribution in [0.3, 0.4) is 0 Å². The van der Waals surface area contributed by atoms with Crippen molar-refractivity contribution in [1.82, 2.24) is 5.32 Å². The molecule has 0 spiro atoms. The van der Waals surface area contributed by atoms with Gasteiger partial charge in [0.1, 0.15) is 6.04 Å². The lowest BCUT2D eigenvalue weighted by atomic mass is 9.84. The highest BCUT2D eigenvalue weighted by molar-refractivity contribution is 6.28. The van der Waals surface area contributed by atoms with E-state index >= 15 is 0 Å². The van der Waals surface area contributed by atoms with Crippen molar-refractivity contribution >= 4 is 18.1 Å². The van der Waals surface area contributed by atoms with E-state index in [1.807, 2.05) is 0 Å². The van der Waals surface area contributed by atoms with Crippen molar-refractivity contribution in [3.05, 3.63) is 5.53 Å². The summed E-state index contributed by atoms with van der Waals surface area (Å²) < 4.78 is 0. The first-order chi connectivity index (χ1) is 8.13. The van der Waals surface area contributed by atoms with Gasteiger partial charge in [-0.15, -0.1) is 0 Å². The molecule has 1 rings (SSSR count). The van der Waals surface area contributed by atoms with Gasteiger partial charge in [0.05, 0.1) is 0 Å². The Morgan fingerprint density at radius 1 is 1.41 bits per heavy atom. The molecule has 0 saturated heterocycles. The average molecular weight is 239 g/mol. The molecule has 1 unspecified atom stereocenters. The standard InChI is InChI=1S/C11H17N3O3/c12-13-7-10(15)9(14-11(16)17)6-8-4-2-1-3-5-8/h7-9,14H,1-6H2,(H,16,17). The van der Waals surface area contributed by atoms with Gasteiger partial charge < -0.3 is 16.0 Å². The Morgan fingerprint density at radius 2 is 2.06 bits per heavy atom. The summed E-state index contributed by atoms with van der Waals surface area (Å²) in [6, 6.07) is -0.800. The fourth-order valence-corrected chi connectivity index (χ4v) is 2.30. The molecule has 94 valence electrons. The number of nitrogens with one attached hydrogen (secondary N) is 1. The summed E-state index contributed by atoms with van der Waals surface area (Å²) in [6.07, 6.45) is 5.54. The van der Waals surface area contributed by atoms with Gasteiger partial charge in [0.2, 0.25) is 0 Å². The highest BCUT2D eigenvalue weighted by Crippen LogP contribution is 2.27. The van der Waals surface area contributed by atoms with Gasteiger partial charge in [0, 0.05) is 0 Å². The van der Waals surface area contributed by atoms with Crippen molar-refractivity contribution in [2.75, 3.05) is 0 Å². The third-order valence-electron chi connectivity index (χ3n) is 3.12. The van der Waals surface area contributed by atoms with Gasteiger partial charge in [-0.05, 0) is 12.3 Å². The topological polar surface area (TPSA) is 103 Å². The first-order valence-corrected chi connectivity index (χ1v) is 5.84. The quantitative estimate of drug-likeness (QED) is 0.431. The molecule has 6 heteroatoms. The summed E-state index contributed by atoms with van der Waals surface area (Å²) >= 11 is 0. The predicted molar refractivity (Wildman–Crippen MR) is 60.8 cm³/mol. The van der Waals surface area contributed by atoms with E-state index in [1.54, 1.807) is 0 Å². The van der Waals surface area contributed by atoms with Crippen LogP contribution in [0.5, 0.6) is 0 Å². The zero-order valence-electron chi connectivity index (χ0n) is 9.63. The lowest BCUT2D eigenvalue weighted by molar-refractivity contribution is -0.118. The van der Waals surface area contributed by atoms with Gasteiger partial charge in [-0.3, -0.25) is 4.79 Å². The molecule has 1 saturated carbocycles. The fraction of sp³-hybridized carbons (Fsp3) is 0.727. The van der Waals surface area contributed by atoms with Gasteiger partial charge in [0.25, 0.3) is 5.78 Å². The number of carboxylic acid groups (broad SMARTS) is 1. The van der Waals surface area contributed by atoms with Crippen LogP contribution in [-0.4, -0.2) is 34.0 Å². The summed E-state index contributed by atoms with van der Waals surface area (Å²) in [5.74, 6) is -0.128. The maximum absolute atomic E-state index is 11.5. The highest BCUT2D eigenvalue weighted by atomic mass is 16.4. The molecule has 2 N–H and O–H groups in total. The molecule has 17 heavy (non-hydrogen) atoms. The smallest absolute Gasteiger partial charge is 0.405 e. The predicted octanol–water partition coefficient (Wildman–Crippen LogP) is 1.46. The van der Waals surface area contributed by atoms with E-state index in [2.05, 4.69) is 10.1 Å². The molecule has 1 fully saturated rings. The Hall–Kier alpha value is -1.68. The van der Waals surface area contributed by atoms with Gasteiger partial charge in [0.15, 0.2) is 0 Å². The molecule has 0 aromatic heterocycles. The third kappa shape index (κ3) is 4.78. The Labute approximate surface area is 99.6 Å². The number of carbonyl (C=O) groups is 2. The molecule has 1 aliphatic carbocycles. The van der Waals surface area contributed by atoms with Crippen molar-refractivity contribution in [2.45, 2.75) is 44.6 Å². The van der Waals surface area contributed by atoms with Crippen molar-refractivity contribution in [2.24, 2.45) is 5.92 Å². The number of nitrogens with zero attached hydrogens (tertiary/aromatic N) is 2. The number of hydrogen-bond donors (Lipinski definition) is 2. The van der Waals surface area contributed by atoms with Gasteiger partial charge in [-0.2, -0.15) is 4.79 Å². The van der Waals surface area contributed by atoms with Crippen molar-refractivity contribution in [3.8, 4) is 0 Å². The van der Waals surface area contributed by atoms with E-state index < -0.39 is 17.9 Å². The van der Waals surface area contributed by atoms with Gasteiger partial charge >= 0.3 is 12.3 Å². The van der Waals surface area contributed by atoms with Crippen LogP contribution in [0.25, 0.3) is 5.53 Å². The second-order valence-electron chi connectivity index (χ2n) is 4.39. The second kappa shape index (κ2) is 6.81. The van der Waals surface area contributed by atoms with E-state index in [4.69, 9.17) is 10.6 Å². The Bertz CT molecular complexity index is 331. The zero-order chi connectivity index (χ0) is 12.7. The number of amides is 1. The summed E-state index contributed by atoms with van der Waals surface area (Å²) in [5.41, 5.74) is 8.30. The van der Waals surface area contributed by atoms with Crippen molar-refractivity contribution in [3.63, 3.8) is 0 Å². The first-order valence-electron chi connectivity index (χ1n) is 5.84. The summed E-state index contributed by atoms with van der Waals surface area (Å²) in [6.45, 7) is 0. The molecule has 0 aromatic carbocycles. The summed E-state index contributed by atoms with van der Waals surface area (Å²) in [7, 11) is 0. The molecule has 0 aromatic rings. The second-order valence-corrected chi connectivity index (χ2v) is 4.39. The van der Waals surface area contributed by atoms with Crippen molar-refractivity contribution < 1.29 is 19.5 Å². The lowest BCUT2D eigenvalue weighted by Crippen LogP contribution is -2.42. The Balaban J connectivity index is 2.58. The SMILES string of the molecule is [N-]=[N+]=CC(=O)C(CC1CCCCC1)NC(=O)O. The highest BCUT2D eigenvalue weighted by Gasteiger charge is 2.26. The number of hydrogen-bond acceptors (Lipinski definition) is 2. The molecule has 0 bridgehead atoms. The van der Waals surface area contributed by atoms with Crippen LogP contribution in [-0.2, 0) is 4.79 Å². The van der Waals surface area contributed by atoms with Crippen LogP contribution in [0.1, 0.15) is 38.5 Å². The molecule has 0 radical (unpaired) electrons. The normalized spacial score (nSPS) is 17.9.